The molecule has 30 heavy (non-hydrogen) atoms. The third-order valence-corrected chi connectivity index (χ3v) is 8.09. The Morgan fingerprint density at radius 2 is 0.533 bits per heavy atom. The molecule has 0 aromatic carbocycles. The summed E-state index contributed by atoms with van der Waals surface area (Å²) in [5.41, 5.74) is 0. The van der Waals surface area contributed by atoms with E-state index < -0.39 is 7.26 Å². The van der Waals surface area contributed by atoms with Crippen molar-refractivity contribution in [2.45, 2.75) is 155 Å². The van der Waals surface area contributed by atoms with Crippen molar-refractivity contribution in [1.29, 1.82) is 0 Å². The Morgan fingerprint density at radius 1 is 0.333 bits per heavy atom. The van der Waals surface area contributed by atoms with Crippen LogP contribution < -0.4 is 17.0 Å². The third-order valence-electron chi connectivity index (χ3n) is 6.43. The van der Waals surface area contributed by atoms with Crippen molar-refractivity contribution >= 4 is 7.26 Å². The molecule has 0 bridgehead atoms. The summed E-state index contributed by atoms with van der Waals surface area (Å²) >= 11 is 0. The maximum atomic E-state index is 2.48. The molecule has 0 amide bonds. The van der Waals surface area contributed by atoms with Crippen molar-refractivity contribution in [1.82, 2.24) is 0 Å². The van der Waals surface area contributed by atoms with E-state index in [0.717, 1.165) is 0 Å². The minimum absolute atomic E-state index is 0. The first-order chi connectivity index (χ1) is 14.1. The molecule has 0 aliphatic rings. The van der Waals surface area contributed by atoms with Crippen molar-refractivity contribution < 1.29 is 17.0 Å². The van der Waals surface area contributed by atoms with E-state index in [4.69, 9.17) is 0 Å². The van der Waals surface area contributed by atoms with Crippen LogP contribution in [0.4, 0.5) is 0 Å². The Kier molecular flexibility index (Phi) is 28.9. The average molecular weight is 508 g/mol. The van der Waals surface area contributed by atoms with Gasteiger partial charge in [-0.25, -0.2) is 0 Å². The second kappa shape index (κ2) is 26.2. The van der Waals surface area contributed by atoms with Crippen LogP contribution >= 0.6 is 7.26 Å². The Hall–Kier alpha value is 0.910. The second-order valence-electron chi connectivity index (χ2n) is 10.8. The summed E-state index contributed by atoms with van der Waals surface area (Å²) in [5.74, 6) is 0. The summed E-state index contributed by atoms with van der Waals surface area (Å²) in [6.07, 6.45) is 35.6. The molecule has 184 valence electrons. The Labute approximate surface area is 204 Å². The fraction of sp³-hybridized carbons (Fsp3) is 1.00. The zero-order valence-electron chi connectivity index (χ0n) is 21.8. The van der Waals surface area contributed by atoms with Gasteiger partial charge in [-0.05, 0) is 12.8 Å². The topological polar surface area (TPSA) is 0 Å². The zero-order valence-corrected chi connectivity index (χ0v) is 24.3. The van der Waals surface area contributed by atoms with Gasteiger partial charge in [0.1, 0.15) is 0 Å². The molecule has 0 aromatic heterocycles. The van der Waals surface area contributed by atoms with Crippen LogP contribution in [0, 0.1) is 0 Å². The lowest BCUT2D eigenvalue weighted by molar-refractivity contribution is -0.00000675. The number of rotatable bonds is 24. The second-order valence-corrected chi connectivity index (χ2v) is 15.8. The average Bonchev–Trinajstić information content (AvgIpc) is 2.67. The molecular weight excluding hydrogens is 447 g/mol. The van der Waals surface area contributed by atoms with E-state index in [1.165, 1.54) is 154 Å². The molecule has 0 heterocycles. The molecule has 0 N–H and O–H groups in total. The molecule has 0 radical (unpaired) electrons. The van der Waals surface area contributed by atoms with Crippen molar-refractivity contribution in [3.8, 4) is 0 Å². The van der Waals surface area contributed by atoms with Crippen molar-refractivity contribution in [2.24, 2.45) is 0 Å². The summed E-state index contributed by atoms with van der Waals surface area (Å²) < 4.78 is 0. The van der Waals surface area contributed by atoms with Gasteiger partial charge >= 0.3 is 0 Å². The van der Waals surface area contributed by atoms with E-state index in [1.54, 1.807) is 0 Å². The molecule has 0 aromatic rings. The van der Waals surface area contributed by atoms with Crippen molar-refractivity contribution in [2.75, 3.05) is 26.2 Å². The Morgan fingerprint density at radius 3 is 0.733 bits per heavy atom. The first-order valence-corrected chi connectivity index (χ1v) is 17.2. The van der Waals surface area contributed by atoms with E-state index in [9.17, 15) is 0 Å². The molecule has 0 unspecified atom stereocenters. The van der Waals surface area contributed by atoms with E-state index >= 15 is 0 Å². The molecule has 0 aliphatic heterocycles. The van der Waals surface area contributed by atoms with Gasteiger partial charge in [-0.3, -0.25) is 0 Å². The molecule has 0 saturated carbocycles. The largest absolute Gasteiger partial charge is 1.00 e. The zero-order chi connectivity index (χ0) is 21.5. The van der Waals surface area contributed by atoms with Gasteiger partial charge in [-0.1, -0.05) is 142 Å². The number of halogens is 1. The minimum atomic E-state index is -0.513. The maximum absolute atomic E-state index is 2.48. The van der Waals surface area contributed by atoms with Crippen LogP contribution in [0.1, 0.15) is 155 Å². The fourth-order valence-corrected chi connectivity index (χ4v) is 5.54. The fourth-order valence-electron chi connectivity index (χ4n) is 4.37. The lowest BCUT2D eigenvalue weighted by Gasteiger charge is -2.10. The first kappa shape index (κ1) is 33.1. The predicted octanol–water partition coefficient (Wildman–Crippen LogP) is 7.89. The van der Waals surface area contributed by atoms with Gasteiger partial charge in [0.25, 0.3) is 0 Å². The van der Waals surface area contributed by atoms with Crippen LogP contribution in [0.25, 0.3) is 0 Å². The van der Waals surface area contributed by atoms with Gasteiger partial charge in [0.2, 0.25) is 0 Å². The lowest BCUT2D eigenvalue weighted by atomic mass is 10.0. The Balaban J connectivity index is 0. The van der Waals surface area contributed by atoms with Gasteiger partial charge in [-0.15, -0.1) is 0 Å². The normalized spacial score (nSPS) is 11.6. The lowest BCUT2D eigenvalue weighted by Crippen LogP contribution is -3.00. The van der Waals surface area contributed by atoms with Crippen LogP contribution in [-0.2, 0) is 0 Å². The van der Waals surface area contributed by atoms with Gasteiger partial charge in [-0.2, -0.15) is 0 Å². The molecule has 0 fully saturated rings. The first-order valence-electron chi connectivity index (χ1n) is 13.9. The standard InChI is InChI=1S/C28H60P.BrH/c1-5-6-7-8-9-10-11-12-13-14-15-16-17-18-19-20-21-22-23-24-25-26-27-28-29(2,3)4;/h5-28H2,1-4H3;1H/q+1;/p-1. The molecule has 0 aliphatic carbocycles. The number of hydrogen-bond donors (Lipinski definition) is 0. The molecule has 0 saturated heterocycles. The molecule has 0 spiro atoms. The quantitative estimate of drug-likeness (QED) is 0.0920. The van der Waals surface area contributed by atoms with Gasteiger partial charge in [0.05, 0.1) is 6.16 Å². The van der Waals surface area contributed by atoms with E-state index in [1.807, 2.05) is 0 Å². The minimum Gasteiger partial charge on any atom is -1.00 e. The van der Waals surface area contributed by atoms with Crippen molar-refractivity contribution in [3.63, 3.8) is 0 Å². The summed E-state index contributed by atoms with van der Waals surface area (Å²) in [6, 6.07) is 0. The smallest absolute Gasteiger partial charge is 0.0586 e. The van der Waals surface area contributed by atoms with E-state index in [-0.39, 0.29) is 17.0 Å². The third kappa shape index (κ3) is 31.1. The highest BCUT2D eigenvalue weighted by atomic mass is 79.9. The van der Waals surface area contributed by atoms with Crippen LogP contribution in [-0.4, -0.2) is 26.2 Å². The summed E-state index contributed by atoms with van der Waals surface area (Å²) in [7, 11) is -0.513. The highest BCUT2D eigenvalue weighted by Gasteiger charge is 2.15. The van der Waals surface area contributed by atoms with E-state index in [2.05, 4.69) is 26.9 Å². The highest BCUT2D eigenvalue weighted by molar-refractivity contribution is 7.73. The SMILES string of the molecule is CCCCCCCCCCCCCCCCCCCCCCCCC[P+](C)(C)C.[Br-]. The molecule has 0 atom stereocenters. The molecule has 2 heteroatoms. The van der Waals surface area contributed by atoms with E-state index in [0.29, 0.717) is 0 Å². The van der Waals surface area contributed by atoms with Crippen LogP contribution in [0.15, 0.2) is 0 Å². The summed E-state index contributed by atoms with van der Waals surface area (Å²) in [4.78, 5) is 0. The monoisotopic (exact) mass is 506 g/mol. The molecule has 0 nitrogen and oxygen atoms in total. The Bertz CT molecular complexity index is 298. The number of hydrogen-bond acceptors (Lipinski definition) is 0. The van der Waals surface area contributed by atoms with Crippen LogP contribution in [0.3, 0.4) is 0 Å². The van der Waals surface area contributed by atoms with Gasteiger partial charge < -0.3 is 17.0 Å². The van der Waals surface area contributed by atoms with Gasteiger partial charge in [0, 0.05) is 27.3 Å². The highest BCUT2D eigenvalue weighted by Crippen LogP contribution is 2.47. The molecule has 0 rings (SSSR count). The maximum Gasteiger partial charge on any atom is 0.0586 e. The van der Waals surface area contributed by atoms with Crippen molar-refractivity contribution in [3.05, 3.63) is 0 Å². The summed E-state index contributed by atoms with van der Waals surface area (Å²) in [5, 5.41) is 0. The predicted molar refractivity (Wildman–Crippen MR) is 141 cm³/mol. The van der Waals surface area contributed by atoms with Crippen LogP contribution in [0.2, 0.25) is 0 Å². The van der Waals surface area contributed by atoms with Crippen LogP contribution in [0.5, 0.6) is 0 Å². The summed E-state index contributed by atoms with van der Waals surface area (Å²) in [6.45, 7) is 9.74. The van der Waals surface area contributed by atoms with Gasteiger partial charge in [0.15, 0.2) is 0 Å². The molecular formula is C28H60BrP. The number of unbranched alkanes of at least 4 members (excludes halogenated alkanes) is 22.